The molecule has 0 amide bonds. The molecule has 4 aromatic rings. The van der Waals surface area contributed by atoms with Crippen LogP contribution in [0.3, 0.4) is 0 Å². The molecule has 0 radical (unpaired) electrons. The fourth-order valence-corrected chi connectivity index (χ4v) is 4.23. The van der Waals surface area contributed by atoms with Gasteiger partial charge in [0.1, 0.15) is 11.3 Å². The van der Waals surface area contributed by atoms with E-state index in [1.807, 2.05) is 42.9 Å². The van der Waals surface area contributed by atoms with Gasteiger partial charge in [0, 0.05) is 63.0 Å². The highest BCUT2D eigenvalue weighted by Crippen LogP contribution is 2.37. The number of halogens is 2. The van der Waals surface area contributed by atoms with E-state index in [0.29, 0.717) is 5.69 Å². The molecule has 1 aliphatic rings. The smallest absolute Gasteiger partial charge is 0.355 e. The quantitative estimate of drug-likeness (QED) is 0.347. The van der Waals surface area contributed by atoms with Crippen LogP contribution in [0.1, 0.15) is 10.5 Å². The lowest BCUT2D eigenvalue weighted by atomic mass is 9.96. The van der Waals surface area contributed by atoms with E-state index >= 15 is 0 Å². The summed E-state index contributed by atoms with van der Waals surface area (Å²) in [7, 11) is 1.36. The number of pyridine rings is 1. The number of hydrogen-bond donors (Lipinski definition) is 3. The van der Waals surface area contributed by atoms with Crippen LogP contribution >= 0.6 is 23.2 Å². The molecule has 0 spiro atoms. The van der Waals surface area contributed by atoms with E-state index in [2.05, 4.69) is 19.9 Å². The zero-order valence-corrected chi connectivity index (χ0v) is 16.8. The highest BCUT2D eigenvalue weighted by atomic mass is 35.5. The summed E-state index contributed by atoms with van der Waals surface area (Å²) in [5, 5.41) is 2.17. The van der Waals surface area contributed by atoms with Crippen molar-refractivity contribution in [1.29, 1.82) is 0 Å². The number of aromatic nitrogens is 4. The lowest BCUT2D eigenvalue weighted by Gasteiger charge is -2.11. The van der Waals surface area contributed by atoms with Gasteiger partial charge in [-0.25, -0.2) is 9.78 Å². The Kier molecular flexibility index (Phi) is 4.26. The highest BCUT2D eigenvalue weighted by molar-refractivity contribution is 6.34. The Balaban J connectivity index is 1.81. The first-order valence-electron chi connectivity index (χ1n) is 9.00. The van der Waals surface area contributed by atoms with Crippen molar-refractivity contribution in [3.8, 4) is 22.3 Å². The number of carbonyl (C=O) groups excluding carboxylic acids is 1. The summed E-state index contributed by atoms with van der Waals surface area (Å²) in [4.78, 5) is 26.4. The lowest BCUT2D eigenvalue weighted by molar-refractivity contribution is 0.0596. The van der Waals surface area contributed by atoms with Gasteiger partial charge in [-0.1, -0.05) is 6.08 Å². The predicted octanol–water partition coefficient (Wildman–Crippen LogP) is 3.13. The van der Waals surface area contributed by atoms with Crippen molar-refractivity contribution in [1.82, 2.24) is 19.9 Å². The highest BCUT2D eigenvalue weighted by Gasteiger charge is 2.25. The molecule has 0 aromatic carbocycles. The maximum atomic E-state index is 12.5. The second kappa shape index (κ2) is 6.83. The molecule has 8 heteroatoms. The Bertz CT molecular complexity index is 1360. The number of H-pyrrole nitrogens is 3. The van der Waals surface area contributed by atoms with Crippen LogP contribution in [0.15, 0.2) is 36.9 Å². The standard InChI is InChI=1S/C21H16Cl2N4O2/c1-29-21(28)19-18(13-9-27-20-10(13)3-2-4-24-20)14(8-26-19)12-7-25-17-6-16(23)15(22)5-11(12)17/h2-9,15-16,25-26H,1H3,(H,24,27). The number of alkyl halides is 2. The lowest BCUT2D eigenvalue weighted by Crippen LogP contribution is -2.33. The molecule has 0 saturated carbocycles. The number of fused-ring (bicyclic) bond motifs is 2. The molecule has 3 N–H and O–H groups in total. The second-order valence-electron chi connectivity index (χ2n) is 6.80. The van der Waals surface area contributed by atoms with Crippen molar-refractivity contribution in [2.45, 2.75) is 10.8 Å². The van der Waals surface area contributed by atoms with E-state index in [1.54, 1.807) is 6.20 Å². The molecule has 146 valence electrons. The Morgan fingerprint density at radius 2 is 1.79 bits per heavy atom. The first-order valence-corrected chi connectivity index (χ1v) is 9.87. The molecule has 4 aromatic heterocycles. The van der Waals surface area contributed by atoms with Gasteiger partial charge in [-0.15, -0.1) is 23.2 Å². The zero-order valence-electron chi connectivity index (χ0n) is 15.3. The Morgan fingerprint density at radius 3 is 2.62 bits per heavy atom. The molecule has 29 heavy (non-hydrogen) atoms. The molecule has 0 bridgehead atoms. The molecule has 0 aliphatic heterocycles. The first kappa shape index (κ1) is 18.1. The minimum absolute atomic E-state index is 0.285. The maximum absolute atomic E-state index is 12.5. The summed E-state index contributed by atoms with van der Waals surface area (Å²) >= 11 is 12.7. The summed E-state index contributed by atoms with van der Waals surface area (Å²) in [6, 6.07) is 3.83. The van der Waals surface area contributed by atoms with Gasteiger partial charge in [0.2, 0.25) is 0 Å². The van der Waals surface area contributed by atoms with E-state index in [9.17, 15) is 4.79 Å². The summed E-state index contributed by atoms with van der Waals surface area (Å²) in [5.41, 5.74) is 4.49. The number of hydrogen-bond acceptors (Lipinski definition) is 3. The molecule has 4 heterocycles. The van der Waals surface area contributed by atoms with Crippen LogP contribution in [0.2, 0.25) is 0 Å². The van der Waals surface area contributed by atoms with Crippen LogP contribution in [0.25, 0.3) is 45.4 Å². The normalized spacial score (nSPS) is 18.2. The van der Waals surface area contributed by atoms with Crippen LogP contribution in [0.4, 0.5) is 0 Å². The van der Waals surface area contributed by atoms with Gasteiger partial charge >= 0.3 is 5.97 Å². The monoisotopic (exact) mass is 426 g/mol. The molecule has 5 rings (SSSR count). The average molecular weight is 427 g/mol. The van der Waals surface area contributed by atoms with Crippen molar-refractivity contribution >= 4 is 52.4 Å². The third-order valence-electron chi connectivity index (χ3n) is 5.19. The number of esters is 1. The van der Waals surface area contributed by atoms with Gasteiger partial charge in [0.15, 0.2) is 0 Å². The fourth-order valence-electron chi connectivity index (χ4n) is 3.83. The molecule has 2 atom stereocenters. The summed E-state index contributed by atoms with van der Waals surface area (Å²) in [6.45, 7) is 0. The van der Waals surface area contributed by atoms with Crippen molar-refractivity contribution in [2.75, 3.05) is 7.11 Å². The second-order valence-corrected chi connectivity index (χ2v) is 7.81. The average Bonchev–Trinajstić information content (AvgIpc) is 3.43. The first-order chi connectivity index (χ1) is 14.1. The fraction of sp³-hybridized carbons (Fsp3) is 0.143. The van der Waals surface area contributed by atoms with Gasteiger partial charge < -0.3 is 19.7 Å². The van der Waals surface area contributed by atoms with E-state index in [-0.39, 0.29) is 10.8 Å². The number of rotatable bonds is 3. The van der Waals surface area contributed by atoms with Gasteiger partial charge in [-0.2, -0.15) is 0 Å². The van der Waals surface area contributed by atoms with Crippen LogP contribution < -0.4 is 10.6 Å². The molecular weight excluding hydrogens is 411 g/mol. The third-order valence-corrected chi connectivity index (χ3v) is 6.11. The van der Waals surface area contributed by atoms with Gasteiger partial charge in [-0.3, -0.25) is 0 Å². The summed E-state index contributed by atoms with van der Waals surface area (Å²) in [6.07, 6.45) is 11.1. The van der Waals surface area contributed by atoms with E-state index in [1.165, 1.54) is 7.11 Å². The third kappa shape index (κ3) is 2.79. The summed E-state index contributed by atoms with van der Waals surface area (Å²) < 4.78 is 5.01. The van der Waals surface area contributed by atoms with Crippen molar-refractivity contribution in [2.24, 2.45) is 0 Å². The van der Waals surface area contributed by atoms with Gasteiger partial charge in [0.05, 0.1) is 17.9 Å². The number of ether oxygens (including phenoxy) is 1. The van der Waals surface area contributed by atoms with E-state index in [4.69, 9.17) is 27.9 Å². The molecule has 0 saturated heterocycles. The van der Waals surface area contributed by atoms with E-state index in [0.717, 1.165) is 43.9 Å². The van der Waals surface area contributed by atoms with Crippen LogP contribution in [0, 0.1) is 0 Å². The number of aromatic amines is 3. The summed E-state index contributed by atoms with van der Waals surface area (Å²) in [5.74, 6) is -0.444. The zero-order chi connectivity index (χ0) is 20.1. The largest absolute Gasteiger partial charge is 0.464 e. The maximum Gasteiger partial charge on any atom is 0.355 e. The Labute approximate surface area is 175 Å². The molecular formula is C21H16Cl2N4O2. The number of methoxy groups -OCH3 is 1. The van der Waals surface area contributed by atoms with Crippen LogP contribution in [-0.2, 0) is 4.74 Å². The van der Waals surface area contributed by atoms with Crippen molar-refractivity contribution < 1.29 is 9.53 Å². The van der Waals surface area contributed by atoms with Crippen LogP contribution in [0.5, 0.6) is 0 Å². The van der Waals surface area contributed by atoms with Gasteiger partial charge in [-0.05, 0) is 18.2 Å². The van der Waals surface area contributed by atoms with Gasteiger partial charge in [0.25, 0.3) is 0 Å². The molecule has 6 nitrogen and oxygen atoms in total. The molecule has 2 unspecified atom stereocenters. The Morgan fingerprint density at radius 1 is 1.03 bits per heavy atom. The predicted molar refractivity (Wildman–Crippen MR) is 114 cm³/mol. The topological polar surface area (TPSA) is 86.6 Å². The SMILES string of the molecule is COC(=O)c1[nH]cc(-c2c[nH]c3c2=CC(Cl)C(Cl)C=3)c1-c1c[nH]c2ncccc12. The number of carbonyl (C=O) groups is 1. The minimum atomic E-state index is -0.444. The van der Waals surface area contributed by atoms with Crippen molar-refractivity contribution in [3.05, 3.63) is 53.2 Å². The number of nitrogens with zero attached hydrogens (tertiary/aromatic N) is 1. The minimum Gasteiger partial charge on any atom is -0.464 e. The van der Waals surface area contributed by atoms with E-state index < -0.39 is 5.97 Å². The van der Waals surface area contributed by atoms with Crippen LogP contribution in [-0.4, -0.2) is 43.8 Å². The number of nitrogens with one attached hydrogen (secondary N) is 3. The molecule has 1 aliphatic carbocycles. The molecule has 0 fully saturated rings. The van der Waals surface area contributed by atoms with Crippen molar-refractivity contribution in [3.63, 3.8) is 0 Å². The Hall–Kier alpha value is -2.96.